The van der Waals surface area contributed by atoms with Crippen LogP contribution in [0.3, 0.4) is 0 Å². The van der Waals surface area contributed by atoms with Crippen molar-refractivity contribution < 1.29 is 0 Å². The highest BCUT2D eigenvalue weighted by molar-refractivity contribution is 5.40. The molecule has 0 saturated carbocycles. The van der Waals surface area contributed by atoms with Crippen LogP contribution in [0.15, 0.2) is 36.9 Å². The summed E-state index contributed by atoms with van der Waals surface area (Å²) in [5.74, 6) is 0. The standard InChI is InChI=1S/C10H13N5/c11-9-7-14-15(8-9)6-5-13-10-1-3-12-4-2-10/h1-4,7-8H,5-6,11H2,(H,12,13). The number of aromatic nitrogens is 3. The minimum Gasteiger partial charge on any atom is -0.396 e. The lowest BCUT2D eigenvalue weighted by Crippen LogP contribution is -2.10. The van der Waals surface area contributed by atoms with Crippen molar-refractivity contribution in [3.05, 3.63) is 36.9 Å². The van der Waals surface area contributed by atoms with Crippen molar-refractivity contribution in [3.63, 3.8) is 0 Å². The second kappa shape index (κ2) is 4.45. The molecule has 2 heterocycles. The van der Waals surface area contributed by atoms with Gasteiger partial charge in [-0.15, -0.1) is 0 Å². The molecule has 5 nitrogen and oxygen atoms in total. The predicted octanol–water partition coefficient (Wildman–Crippen LogP) is 0.972. The third-order valence-corrected chi connectivity index (χ3v) is 2.00. The number of hydrogen-bond donors (Lipinski definition) is 2. The molecule has 0 spiro atoms. The number of rotatable bonds is 4. The van der Waals surface area contributed by atoms with Gasteiger partial charge in [-0.2, -0.15) is 5.10 Å². The summed E-state index contributed by atoms with van der Waals surface area (Å²) in [6.45, 7) is 1.60. The summed E-state index contributed by atoms with van der Waals surface area (Å²) in [4.78, 5) is 3.94. The van der Waals surface area contributed by atoms with Crippen LogP contribution in [0.25, 0.3) is 0 Å². The Kier molecular flexibility index (Phi) is 2.82. The molecule has 0 aliphatic rings. The molecule has 3 N–H and O–H groups in total. The lowest BCUT2D eigenvalue weighted by atomic mass is 10.4. The Morgan fingerprint density at radius 2 is 2.13 bits per heavy atom. The zero-order valence-electron chi connectivity index (χ0n) is 8.30. The fourth-order valence-corrected chi connectivity index (χ4v) is 1.29. The Hall–Kier alpha value is -2.04. The van der Waals surface area contributed by atoms with Gasteiger partial charge in [-0.3, -0.25) is 9.67 Å². The van der Waals surface area contributed by atoms with Gasteiger partial charge in [0.1, 0.15) is 0 Å². The van der Waals surface area contributed by atoms with Gasteiger partial charge in [0.2, 0.25) is 0 Å². The lowest BCUT2D eigenvalue weighted by molar-refractivity contribution is 0.638. The molecule has 2 aromatic rings. The maximum Gasteiger partial charge on any atom is 0.0719 e. The first-order valence-corrected chi connectivity index (χ1v) is 4.76. The molecule has 0 aliphatic carbocycles. The van der Waals surface area contributed by atoms with Crippen molar-refractivity contribution in [2.75, 3.05) is 17.6 Å². The van der Waals surface area contributed by atoms with Crippen LogP contribution in [0.2, 0.25) is 0 Å². The Labute approximate surface area is 87.9 Å². The zero-order chi connectivity index (χ0) is 10.5. The highest BCUT2D eigenvalue weighted by Gasteiger charge is 1.94. The van der Waals surface area contributed by atoms with Gasteiger partial charge in [-0.25, -0.2) is 0 Å². The Morgan fingerprint density at radius 1 is 1.33 bits per heavy atom. The van der Waals surface area contributed by atoms with Crippen molar-refractivity contribution >= 4 is 11.4 Å². The summed E-state index contributed by atoms with van der Waals surface area (Å²) in [5.41, 5.74) is 7.30. The van der Waals surface area contributed by atoms with E-state index in [1.54, 1.807) is 18.6 Å². The number of nitrogens with one attached hydrogen (secondary N) is 1. The van der Waals surface area contributed by atoms with E-state index in [4.69, 9.17) is 5.73 Å². The van der Waals surface area contributed by atoms with Gasteiger partial charge in [0.25, 0.3) is 0 Å². The first kappa shape index (κ1) is 9.51. The van der Waals surface area contributed by atoms with Gasteiger partial charge in [0.05, 0.1) is 18.4 Å². The molecular formula is C10H13N5. The van der Waals surface area contributed by atoms with E-state index in [1.165, 1.54) is 0 Å². The van der Waals surface area contributed by atoms with Crippen molar-refractivity contribution in [3.8, 4) is 0 Å². The molecule has 0 saturated heterocycles. The van der Waals surface area contributed by atoms with Gasteiger partial charge >= 0.3 is 0 Å². The fraction of sp³-hybridized carbons (Fsp3) is 0.200. The van der Waals surface area contributed by atoms with Crippen molar-refractivity contribution in [1.29, 1.82) is 0 Å². The molecular weight excluding hydrogens is 190 g/mol. The van der Waals surface area contributed by atoms with E-state index in [-0.39, 0.29) is 0 Å². The third kappa shape index (κ3) is 2.70. The van der Waals surface area contributed by atoms with Gasteiger partial charge < -0.3 is 11.1 Å². The molecule has 0 bridgehead atoms. The molecule has 0 unspecified atom stereocenters. The molecule has 0 radical (unpaired) electrons. The molecule has 5 heteroatoms. The molecule has 0 aromatic carbocycles. The first-order chi connectivity index (χ1) is 7.34. The van der Waals surface area contributed by atoms with Gasteiger partial charge in [0.15, 0.2) is 0 Å². The highest BCUT2D eigenvalue weighted by atomic mass is 15.3. The summed E-state index contributed by atoms with van der Waals surface area (Å²) in [6, 6.07) is 3.86. The van der Waals surface area contributed by atoms with E-state index in [9.17, 15) is 0 Å². The average Bonchev–Trinajstić information content (AvgIpc) is 2.66. The molecule has 2 aromatic heterocycles. The summed E-state index contributed by atoms with van der Waals surface area (Å²) >= 11 is 0. The van der Waals surface area contributed by atoms with Crippen LogP contribution < -0.4 is 11.1 Å². The maximum atomic E-state index is 5.55. The molecule has 0 fully saturated rings. The number of hydrogen-bond acceptors (Lipinski definition) is 4. The number of pyridine rings is 1. The van der Waals surface area contributed by atoms with Crippen LogP contribution >= 0.6 is 0 Å². The molecule has 78 valence electrons. The van der Waals surface area contributed by atoms with Gasteiger partial charge in [0, 0.05) is 30.8 Å². The zero-order valence-corrected chi connectivity index (χ0v) is 8.30. The van der Waals surface area contributed by atoms with Crippen molar-refractivity contribution in [2.45, 2.75) is 6.54 Å². The second-order valence-corrected chi connectivity index (χ2v) is 3.20. The van der Waals surface area contributed by atoms with Crippen LogP contribution in [0.5, 0.6) is 0 Å². The Morgan fingerprint density at radius 3 is 2.80 bits per heavy atom. The highest BCUT2D eigenvalue weighted by Crippen LogP contribution is 2.03. The van der Waals surface area contributed by atoms with Crippen LogP contribution in [-0.2, 0) is 6.54 Å². The number of nitrogen functional groups attached to an aromatic ring is 1. The number of nitrogens with two attached hydrogens (primary N) is 1. The summed E-state index contributed by atoms with van der Waals surface area (Å²) in [5, 5.41) is 7.35. The molecule has 0 aliphatic heterocycles. The van der Waals surface area contributed by atoms with E-state index in [0.717, 1.165) is 18.8 Å². The topological polar surface area (TPSA) is 68.8 Å². The van der Waals surface area contributed by atoms with E-state index in [1.807, 2.05) is 23.0 Å². The number of nitrogens with zero attached hydrogens (tertiary/aromatic N) is 3. The van der Waals surface area contributed by atoms with E-state index < -0.39 is 0 Å². The number of anilines is 2. The Bertz CT molecular complexity index is 409. The first-order valence-electron chi connectivity index (χ1n) is 4.76. The monoisotopic (exact) mass is 203 g/mol. The van der Waals surface area contributed by atoms with Crippen LogP contribution in [0.4, 0.5) is 11.4 Å². The van der Waals surface area contributed by atoms with Gasteiger partial charge in [-0.05, 0) is 12.1 Å². The smallest absolute Gasteiger partial charge is 0.0719 e. The SMILES string of the molecule is Nc1cnn(CCNc2ccncc2)c1. The minimum atomic E-state index is 0.693. The minimum absolute atomic E-state index is 0.693. The molecule has 2 rings (SSSR count). The Balaban J connectivity index is 1.80. The van der Waals surface area contributed by atoms with Gasteiger partial charge in [-0.1, -0.05) is 0 Å². The summed E-state index contributed by atoms with van der Waals surface area (Å²) in [7, 11) is 0. The lowest BCUT2D eigenvalue weighted by Gasteiger charge is -2.05. The molecule has 0 atom stereocenters. The van der Waals surface area contributed by atoms with Crippen molar-refractivity contribution in [2.24, 2.45) is 0 Å². The molecule has 0 amide bonds. The van der Waals surface area contributed by atoms with E-state index >= 15 is 0 Å². The fourth-order valence-electron chi connectivity index (χ4n) is 1.29. The summed E-state index contributed by atoms with van der Waals surface area (Å²) in [6.07, 6.45) is 6.98. The van der Waals surface area contributed by atoms with Crippen LogP contribution in [0.1, 0.15) is 0 Å². The van der Waals surface area contributed by atoms with E-state index in [0.29, 0.717) is 5.69 Å². The van der Waals surface area contributed by atoms with Crippen LogP contribution in [-0.4, -0.2) is 21.3 Å². The average molecular weight is 203 g/mol. The summed E-state index contributed by atoms with van der Waals surface area (Å²) < 4.78 is 1.81. The maximum absolute atomic E-state index is 5.55. The second-order valence-electron chi connectivity index (χ2n) is 3.20. The van der Waals surface area contributed by atoms with Crippen molar-refractivity contribution in [1.82, 2.24) is 14.8 Å². The predicted molar refractivity (Wildman–Crippen MR) is 59.4 cm³/mol. The molecule has 15 heavy (non-hydrogen) atoms. The van der Waals surface area contributed by atoms with E-state index in [2.05, 4.69) is 15.4 Å². The van der Waals surface area contributed by atoms with Crippen LogP contribution in [0, 0.1) is 0 Å². The quantitative estimate of drug-likeness (QED) is 0.777. The largest absolute Gasteiger partial charge is 0.396 e. The third-order valence-electron chi connectivity index (χ3n) is 2.00. The normalized spacial score (nSPS) is 10.1.